The van der Waals surface area contributed by atoms with E-state index in [1.807, 2.05) is 29.0 Å². The maximum Gasteiger partial charge on any atom is 0.204 e. The molecule has 2 aliphatic heterocycles. The predicted octanol–water partition coefficient (Wildman–Crippen LogP) is 4.34. The Bertz CT molecular complexity index is 894. The van der Waals surface area contributed by atoms with Crippen molar-refractivity contribution in [2.75, 3.05) is 6.61 Å². The third-order valence-corrected chi connectivity index (χ3v) is 8.64. The Morgan fingerprint density at radius 2 is 1.96 bits per heavy atom. The molecule has 2 aromatic rings. The van der Waals surface area contributed by atoms with Crippen LogP contribution in [0.3, 0.4) is 0 Å². The van der Waals surface area contributed by atoms with Crippen molar-refractivity contribution < 1.29 is 13.2 Å². The summed E-state index contributed by atoms with van der Waals surface area (Å²) in [4.78, 5) is 1.78. The molecule has 0 bridgehead atoms. The van der Waals surface area contributed by atoms with Crippen LogP contribution in [0.1, 0.15) is 11.3 Å². The Labute approximate surface area is 143 Å². The van der Waals surface area contributed by atoms with Crippen molar-refractivity contribution in [2.45, 2.75) is 16.1 Å². The molecule has 23 heavy (non-hydrogen) atoms. The number of sulfone groups is 1. The normalized spacial score (nSPS) is 23.2. The zero-order valence-corrected chi connectivity index (χ0v) is 14.6. The van der Waals surface area contributed by atoms with Gasteiger partial charge in [-0.15, -0.1) is 23.1 Å². The first kappa shape index (κ1) is 15.1. The SMILES string of the molecule is O=S(=O)(C1=CC=CSC12CCOc1ccsc12)c1ccccc1. The van der Waals surface area contributed by atoms with Crippen molar-refractivity contribution in [3.8, 4) is 5.75 Å². The summed E-state index contributed by atoms with van der Waals surface area (Å²) < 4.78 is 31.6. The third-order valence-electron chi connectivity index (χ3n) is 4.04. The highest BCUT2D eigenvalue weighted by Gasteiger charge is 2.48. The molecule has 6 heteroatoms. The van der Waals surface area contributed by atoms with Gasteiger partial charge in [0.1, 0.15) is 5.75 Å². The summed E-state index contributed by atoms with van der Waals surface area (Å²) in [7, 11) is -3.55. The molecule has 3 nitrogen and oxygen atoms in total. The van der Waals surface area contributed by atoms with Crippen LogP contribution in [0.25, 0.3) is 0 Å². The summed E-state index contributed by atoms with van der Waals surface area (Å²) in [6, 6.07) is 10.6. The number of hydrogen-bond acceptors (Lipinski definition) is 5. The van der Waals surface area contributed by atoms with E-state index in [0.29, 0.717) is 22.8 Å². The lowest BCUT2D eigenvalue weighted by molar-refractivity contribution is 0.273. The highest BCUT2D eigenvalue weighted by Crippen LogP contribution is 2.57. The molecule has 1 unspecified atom stereocenters. The molecule has 0 amide bonds. The molecule has 3 heterocycles. The van der Waals surface area contributed by atoms with E-state index < -0.39 is 14.6 Å². The molecule has 0 radical (unpaired) electrons. The van der Waals surface area contributed by atoms with Crippen LogP contribution in [0.4, 0.5) is 0 Å². The number of thiophene rings is 1. The van der Waals surface area contributed by atoms with Crippen molar-refractivity contribution in [2.24, 2.45) is 0 Å². The van der Waals surface area contributed by atoms with Gasteiger partial charge in [-0.05, 0) is 35.1 Å². The molecule has 1 spiro atoms. The van der Waals surface area contributed by atoms with E-state index >= 15 is 0 Å². The van der Waals surface area contributed by atoms with E-state index in [9.17, 15) is 8.42 Å². The first-order valence-corrected chi connectivity index (χ1v) is 10.4. The van der Waals surface area contributed by atoms with E-state index in [0.717, 1.165) is 10.6 Å². The van der Waals surface area contributed by atoms with Gasteiger partial charge >= 0.3 is 0 Å². The molecule has 1 atom stereocenters. The lowest BCUT2D eigenvalue weighted by atomic mass is 9.98. The van der Waals surface area contributed by atoms with Gasteiger partial charge in [-0.1, -0.05) is 24.3 Å². The fraction of sp³-hybridized carbons (Fsp3) is 0.176. The summed E-state index contributed by atoms with van der Waals surface area (Å²) in [6.45, 7) is 0.520. The van der Waals surface area contributed by atoms with Crippen molar-refractivity contribution in [1.82, 2.24) is 0 Å². The fourth-order valence-electron chi connectivity index (χ4n) is 2.98. The lowest BCUT2D eigenvalue weighted by Gasteiger charge is -2.38. The van der Waals surface area contributed by atoms with Crippen molar-refractivity contribution in [3.05, 3.63) is 69.1 Å². The van der Waals surface area contributed by atoms with Crippen molar-refractivity contribution in [1.29, 1.82) is 0 Å². The quantitative estimate of drug-likeness (QED) is 0.797. The maximum atomic E-state index is 13.2. The Morgan fingerprint density at radius 1 is 1.13 bits per heavy atom. The van der Waals surface area contributed by atoms with Gasteiger partial charge in [0.05, 0.1) is 26.0 Å². The number of thioether (sulfide) groups is 1. The van der Waals surface area contributed by atoms with Crippen LogP contribution in [-0.4, -0.2) is 15.0 Å². The molecule has 1 aromatic carbocycles. The standard InChI is InChI=1S/C17H14O3S3/c18-23(19,13-5-2-1-3-6-13)15-7-4-11-22-17(15)9-10-20-14-8-12-21-16(14)17/h1-8,11-12H,9-10H2. The van der Waals surface area contributed by atoms with E-state index in [2.05, 4.69) is 0 Å². The number of allylic oxidation sites excluding steroid dienone is 2. The van der Waals surface area contributed by atoms with E-state index in [1.165, 1.54) is 0 Å². The summed E-state index contributed by atoms with van der Waals surface area (Å²) in [5.74, 6) is 0.804. The highest BCUT2D eigenvalue weighted by molar-refractivity contribution is 8.05. The van der Waals surface area contributed by atoms with Crippen LogP contribution in [0.2, 0.25) is 0 Å². The number of ether oxygens (including phenoxy) is 1. The van der Waals surface area contributed by atoms with Crippen LogP contribution in [0.15, 0.2) is 69.1 Å². The summed E-state index contributed by atoms with van der Waals surface area (Å²) in [5, 5.41) is 3.93. The Morgan fingerprint density at radius 3 is 2.78 bits per heavy atom. The van der Waals surface area contributed by atoms with Gasteiger partial charge in [0, 0.05) is 6.42 Å². The first-order chi connectivity index (χ1) is 11.1. The van der Waals surface area contributed by atoms with E-state index in [1.54, 1.807) is 53.4 Å². The predicted molar refractivity (Wildman–Crippen MR) is 94.6 cm³/mol. The van der Waals surface area contributed by atoms with Gasteiger partial charge in [-0.2, -0.15) is 0 Å². The maximum absolute atomic E-state index is 13.2. The fourth-order valence-corrected chi connectivity index (χ4v) is 7.43. The number of benzene rings is 1. The molecule has 118 valence electrons. The van der Waals surface area contributed by atoms with Gasteiger partial charge in [-0.25, -0.2) is 8.42 Å². The van der Waals surface area contributed by atoms with Crippen LogP contribution < -0.4 is 4.74 Å². The zero-order chi connectivity index (χ0) is 15.9. The van der Waals surface area contributed by atoms with Crippen LogP contribution in [0.5, 0.6) is 5.75 Å². The average Bonchev–Trinajstić information content (AvgIpc) is 3.06. The van der Waals surface area contributed by atoms with E-state index in [4.69, 9.17) is 4.74 Å². The minimum atomic E-state index is -3.55. The smallest absolute Gasteiger partial charge is 0.204 e. The largest absolute Gasteiger partial charge is 0.492 e. The van der Waals surface area contributed by atoms with Crippen molar-refractivity contribution in [3.63, 3.8) is 0 Å². The molecule has 1 aromatic heterocycles. The topological polar surface area (TPSA) is 43.4 Å². The van der Waals surface area contributed by atoms with Crippen LogP contribution in [0, 0.1) is 0 Å². The van der Waals surface area contributed by atoms with Crippen LogP contribution >= 0.6 is 23.1 Å². The third kappa shape index (κ3) is 2.28. The summed E-state index contributed by atoms with van der Waals surface area (Å²) in [5.41, 5.74) is 0. The second kappa shape index (κ2) is 5.54. The molecule has 0 saturated heterocycles. The highest BCUT2D eigenvalue weighted by atomic mass is 32.2. The molecule has 0 saturated carbocycles. The average molecular weight is 362 g/mol. The minimum Gasteiger partial charge on any atom is -0.492 e. The second-order valence-electron chi connectivity index (χ2n) is 5.33. The molecule has 2 aliphatic rings. The molecule has 0 fully saturated rings. The van der Waals surface area contributed by atoms with Gasteiger partial charge in [-0.3, -0.25) is 0 Å². The number of hydrogen-bond donors (Lipinski definition) is 0. The Hall–Kier alpha value is -1.50. The molecular weight excluding hydrogens is 348 g/mol. The Kier molecular flexibility index (Phi) is 3.63. The van der Waals surface area contributed by atoms with Gasteiger partial charge in [0.2, 0.25) is 9.84 Å². The van der Waals surface area contributed by atoms with E-state index in [-0.39, 0.29) is 0 Å². The molecule has 0 N–H and O–H groups in total. The van der Waals surface area contributed by atoms with Gasteiger partial charge in [0.25, 0.3) is 0 Å². The second-order valence-corrected chi connectivity index (χ2v) is 9.37. The summed E-state index contributed by atoms with van der Waals surface area (Å²) >= 11 is 3.13. The lowest BCUT2D eigenvalue weighted by Crippen LogP contribution is -2.34. The summed E-state index contributed by atoms with van der Waals surface area (Å²) in [6.07, 6.45) is 4.20. The van der Waals surface area contributed by atoms with Crippen molar-refractivity contribution >= 4 is 32.9 Å². The van der Waals surface area contributed by atoms with Gasteiger partial charge in [0.15, 0.2) is 0 Å². The Balaban J connectivity index is 1.91. The number of rotatable bonds is 2. The minimum absolute atomic E-state index is 0.339. The molecule has 0 aliphatic carbocycles. The monoisotopic (exact) mass is 362 g/mol. The van der Waals surface area contributed by atoms with Crippen LogP contribution in [-0.2, 0) is 14.6 Å². The first-order valence-electron chi connectivity index (χ1n) is 7.21. The molecular formula is C17H14O3S3. The zero-order valence-electron chi connectivity index (χ0n) is 12.1. The van der Waals surface area contributed by atoms with Gasteiger partial charge < -0.3 is 4.74 Å². The number of fused-ring (bicyclic) bond motifs is 2. The molecule has 4 rings (SSSR count).